The molecule has 24 heavy (non-hydrogen) atoms. The van der Waals surface area contributed by atoms with Gasteiger partial charge in [0.1, 0.15) is 5.82 Å². The number of likely N-dealkylation sites (tertiary alicyclic amines) is 1. The number of amides is 1. The van der Waals surface area contributed by atoms with Gasteiger partial charge in [-0.25, -0.2) is 4.39 Å². The maximum Gasteiger partial charge on any atom is 0.497 e. The Labute approximate surface area is 143 Å². The lowest BCUT2D eigenvalue weighted by atomic mass is 9.78. The molecule has 3 rings (SSSR count). The molecule has 130 valence electrons. The normalized spacial score (nSPS) is 22.7. The average molecular weight is 333 g/mol. The van der Waals surface area contributed by atoms with Crippen LogP contribution >= 0.6 is 0 Å². The van der Waals surface area contributed by atoms with Gasteiger partial charge in [-0.05, 0) is 59.1 Å². The second kappa shape index (κ2) is 6.15. The van der Waals surface area contributed by atoms with Gasteiger partial charge in [0.2, 0.25) is 0 Å². The minimum atomic E-state index is -0.755. The molecular formula is C18H25BFNO3. The molecule has 2 aliphatic rings. The van der Waals surface area contributed by atoms with Crippen molar-refractivity contribution >= 4 is 18.5 Å². The highest BCUT2D eigenvalue weighted by Crippen LogP contribution is 2.36. The van der Waals surface area contributed by atoms with Crippen LogP contribution < -0.4 is 5.46 Å². The van der Waals surface area contributed by atoms with Gasteiger partial charge in [-0.1, -0.05) is 6.07 Å². The van der Waals surface area contributed by atoms with Crippen LogP contribution in [0.5, 0.6) is 0 Å². The van der Waals surface area contributed by atoms with Crippen LogP contribution in [-0.2, 0) is 9.31 Å². The lowest BCUT2D eigenvalue weighted by Gasteiger charge is -2.32. The highest BCUT2D eigenvalue weighted by Gasteiger charge is 2.52. The van der Waals surface area contributed by atoms with Crippen molar-refractivity contribution in [2.45, 2.75) is 58.2 Å². The highest BCUT2D eigenvalue weighted by molar-refractivity contribution is 6.62. The summed E-state index contributed by atoms with van der Waals surface area (Å²) in [6, 6.07) is 4.58. The van der Waals surface area contributed by atoms with Crippen LogP contribution in [0.25, 0.3) is 0 Å². The number of carbonyl (C=O) groups is 1. The third kappa shape index (κ3) is 3.09. The lowest BCUT2D eigenvalue weighted by Crippen LogP contribution is -2.41. The molecule has 0 saturated carbocycles. The number of piperidine rings is 1. The second-order valence-electron chi connectivity index (χ2n) is 7.68. The molecule has 2 saturated heterocycles. The van der Waals surface area contributed by atoms with Crippen molar-refractivity contribution in [1.82, 2.24) is 4.90 Å². The molecule has 2 heterocycles. The van der Waals surface area contributed by atoms with E-state index >= 15 is 0 Å². The van der Waals surface area contributed by atoms with Gasteiger partial charge in [-0.15, -0.1) is 0 Å². The lowest BCUT2D eigenvalue weighted by molar-refractivity contribution is 0.00578. The molecule has 2 fully saturated rings. The van der Waals surface area contributed by atoms with Crippen molar-refractivity contribution in [2.75, 3.05) is 13.1 Å². The molecule has 0 spiro atoms. The van der Waals surface area contributed by atoms with Gasteiger partial charge in [0.25, 0.3) is 5.91 Å². The fourth-order valence-corrected chi connectivity index (χ4v) is 3.10. The van der Waals surface area contributed by atoms with E-state index in [1.807, 2.05) is 27.7 Å². The van der Waals surface area contributed by atoms with Crippen LogP contribution in [0.4, 0.5) is 4.39 Å². The Kier molecular flexibility index (Phi) is 4.47. The molecule has 2 aliphatic heterocycles. The van der Waals surface area contributed by atoms with Gasteiger partial charge in [-0.3, -0.25) is 4.79 Å². The predicted molar refractivity (Wildman–Crippen MR) is 91.9 cm³/mol. The van der Waals surface area contributed by atoms with E-state index in [2.05, 4.69) is 0 Å². The summed E-state index contributed by atoms with van der Waals surface area (Å²) in [6.45, 7) is 9.22. The zero-order valence-electron chi connectivity index (χ0n) is 14.9. The van der Waals surface area contributed by atoms with E-state index in [9.17, 15) is 9.18 Å². The Balaban J connectivity index is 1.79. The molecule has 0 atom stereocenters. The number of carbonyl (C=O) groups excluding carboxylic acids is 1. The SMILES string of the molecule is CC1(C)OB(c2ccc(C(=O)N3CCCCC3)cc2F)OC1(C)C. The van der Waals surface area contributed by atoms with Crippen LogP contribution in [0.1, 0.15) is 57.3 Å². The number of benzene rings is 1. The predicted octanol–water partition coefficient (Wildman–Crippen LogP) is 2.75. The fourth-order valence-electron chi connectivity index (χ4n) is 3.10. The Hall–Kier alpha value is -1.40. The second-order valence-corrected chi connectivity index (χ2v) is 7.68. The molecule has 0 aromatic heterocycles. The third-order valence-corrected chi connectivity index (χ3v) is 5.40. The van der Waals surface area contributed by atoms with E-state index in [-0.39, 0.29) is 5.91 Å². The quantitative estimate of drug-likeness (QED) is 0.781. The van der Waals surface area contributed by atoms with Crippen molar-refractivity contribution in [3.63, 3.8) is 0 Å². The van der Waals surface area contributed by atoms with Crippen LogP contribution in [0.15, 0.2) is 18.2 Å². The largest absolute Gasteiger partial charge is 0.497 e. The zero-order valence-corrected chi connectivity index (χ0v) is 14.9. The van der Waals surface area contributed by atoms with E-state index in [0.29, 0.717) is 11.0 Å². The summed E-state index contributed by atoms with van der Waals surface area (Å²) < 4.78 is 26.4. The summed E-state index contributed by atoms with van der Waals surface area (Å²) in [6.07, 6.45) is 3.18. The van der Waals surface area contributed by atoms with Crippen molar-refractivity contribution in [3.8, 4) is 0 Å². The van der Waals surface area contributed by atoms with Gasteiger partial charge in [0.15, 0.2) is 0 Å². The number of nitrogens with zero attached hydrogens (tertiary/aromatic N) is 1. The monoisotopic (exact) mass is 333 g/mol. The van der Waals surface area contributed by atoms with E-state index in [0.717, 1.165) is 32.4 Å². The van der Waals surface area contributed by atoms with Crippen molar-refractivity contribution in [3.05, 3.63) is 29.6 Å². The standard InChI is InChI=1S/C18H25BFNO3/c1-17(2)18(3,4)24-19(23-17)14-9-8-13(12-15(14)20)16(22)21-10-6-5-7-11-21/h8-9,12H,5-7,10-11H2,1-4H3. The first-order valence-electron chi connectivity index (χ1n) is 8.66. The molecule has 0 N–H and O–H groups in total. The topological polar surface area (TPSA) is 38.8 Å². The van der Waals surface area contributed by atoms with E-state index in [1.165, 1.54) is 6.07 Å². The fraction of sp³-hybridized carbons (Fsp3) is 0.611. The molecule has 6 heteroatoms. The van der Waals surface area contributed by atoms with E-state index < -0.39 is 24.1 Å². The molecule has 0 unspecified atom stereocenters. The van der Waals surface area contributed by atoms with Crippen LogP contribution in [0.2, 0.25) is 0 Å². The smallest absolute Gasteiger partial charge is 0.399 e. The molecule has 4 nitrogen and oxygen atoms in total. The average Bonchev–Trinajstić information content (AvgIpc) is 2.75. The van der Waals surface area contributed by atoms with Crippen LogP contribution in [0, 0.1) is 5.82 Å². The summed E-state index contributed by atoms with van der Waals surface area (Å²) in [7, 11) is -0.755. The zero-order chi connectivity index (χ0) is 17.5. The summed E-state index contributed by atoms with van der Waals surface area (Å²) in [4.78, 5) is 14.3. The summed E-state index contributed by atoms with van der Waals surface area (Å²) in [5.41, 5.74) is -0.322. The third-order valence-electron chi connectivity index (χ3n) is 5.40. The summed E-state index contributed by atoms with van der Waals surface area (Å²) >= 11 is 0. The maximum atomic E-state index is 14.6. The van der Waals surface area contributed by atoms with E-state index in [1.54, 1.807) is 17.0 Å². The highest BCUT2D eigenvalue weighted by atomic mass is 19.1. The summed E-state index contributed by atoms with van der Waals surface area (Å²) in [5.74, 6) is -0.564. The van der Waals surface area contributed by atoms with Crippen LogP contribution in [-0.4, -0.2) is 42.2 Å². The van der Waals surface area contributed by atoms with E-state index in [4.69, 9.17) is 9.31 Å². The molecule has 0 aliphatic carbocycles. The summed E-state index contributed by atoms with van der Waals surface area (Å²) in [5, 5.41) is 0. The minimum absolute atomic E-state index is 0.103. The molecule has 0 bridgehead atoms. The number of halogens is 1. The Bertz CT molecular complexity index is 625. The molecule has 1 aromatic rings. The molecule has 0 radical (unpaired) electrons. The van der Waals surface area contributed by atoms with Crippen molar-refractivity contribution in [1.29, 1.82) is 0 Å². The number of hydrogen-bond acceptors (Lipinski definition) is 3. The molecule has 1 amide bonds. The first kappa shape index (κ1) is 17.4. The van der Waals surface area contributed by atoms with Gasteiger partial charge in [-0.2, -0.15) is 0 Å². The molecule has 1 aromatic carbocycles. The number of hydrogen-bond donors (Lipinski definition) is 0. The van der Waals surface area contributed by atoms with Crippen LogP contribution in [0.3, 0.4) is 0 Å². The maximum absolute atomic E-state index is 14.6. The van der Waals surface area contributed by atoms with Gasteiger partial charge >= 0.3 is 7.12 Å². The first-order valence-corrected chi connectivity index (χ1v) is 8.66. The van der Waals surface area contributed by atoms with Crippen molar-refractivity contribution < 1.29 is 18.5 Å². The number of rotatable bonds is 2. The Morgan fingerprint density at radius 3 is 2.21 bits per heavy atom. The Morgan fingerprint density at radius 2 is 1.67 bits per heavy atom. The molecular weight excluding hydrogens is 308 g/mol. The van der Waals surface area contributed by atoms with Gasteiger partial charge in [0.05, 0.1) is 11.2 Å². The van der Waals surface area contributed by atoms with Gasteiger partial charge in [0, 0.05) is 24.1 Å². The minimum Gasteiger partial charge on any atom is -0.399 e. The first-order chi connectivity index (χ1) is 11.2. The van der Waals surface area contributed by atoms with Crippen molar-refractivity contribution in [2.24, 2.45) is 0 Å². The van der Waals surface area contributed by atoms with Gasteiger partial charge < -0.3 is 14.2 Å². The Morgan fingerprint density at radius 1 is 1.08 bits per heavy atom.